The first-order valence-corrected chi connectivity index (χ1v) is 8.68. The number of aromatic nitrogens is 3. The lowest BCUT2D eigenvalue weighted by molar-refractivity contribution is 0.0734. The topological polar surface area (TPSA) is 67.6 Å². The summed E-state index contributed by atoms with van der Waals surface area (Å²) in [4.78, 5) is 27.4. The van der Waals surface area contributed by atoms with E-state index in [-0.39, 0.29) is 17.7 Å². The van der Waals surface area contributed by atoms with Crippen LogP contribution in [-0.2, 0) is 0 Å². The van der Waals surface area contributed by atoms with Gasteiger partial charge in [0, 0.05) is 12.7 Å². The molecular weight excluding hydrogens is 324 g/mol. The van der Waals surface area contributed by atoms with Gasteiger partial charge < -0.3 is 4.90 Å². The van der Waals surface area contributed by atoms with Crippen LogP contribution in [0.15, 0.2) is 36.5 Å². The first-order chi connectivity index (χ1) is 11.6. The van der Waals surface area contributed by atoms with Crippen LogP contribution in [0.5, 0.6) is 0 Å². The van der Waals surface area contributed by atoms with E-state index in [0.717, 1.165) is 24.3 Å². The Kier molecular flexibility index (Phi) is 3.65. The molecule has 0 aromatic carbocycles. The minimum Gasteiger partial charge on any atom is -0.328 e. The Hall–Kier alpha value is -2.54. The van der Waals surface area contributed by atoms with Gasteiger partial charge in [0.1, 0.15) is 0 Å². The number of amides is 1. The van der Waals surface area contributed by atoms with Crippen molar-refractivity contribution >= 4 is 28.7 Å². The number of rotatable bonds is 3. The van der Waals surface area contributed by atoms with E-state index in [4.69, 9.17) is 0 Å². The van der Waals surface area contributed by atoms with E-state index in [9.17, 15) is 9.59 Å². The van der Waals surface area contributed by atoms with Crippen molar-refractivity contribution in [3.05, 3.63) is 52.1 Å². The van der Waals surface area contributed by atoms with Crippen molar-refractivity contribution in [1.29, 1.82) is 0 Å². The number of nitrogens with zero attached hydrogens (tertiary/aromatic N) is 4. The largest absolute Gasteiger partial charge is 0.328 e. The molecule has 0 saturated carbocycles. The molecule has 0 spiro atoms. The van der Waals surface area contributed by atoms with Gasteiger partial charge in [-0.2, -0.15) is 0 Å². The molecule has 1 amide bonds. The fourth-order valence-electron chi connectivity index (χ4n) is 3.15. The molecule has 1 aliphatic rings. The molecule has 0 radical (unpaired) electrons. The van der Waals surface area contributed by atoms with E-state index in [1.165, 1.54) is 18.3 Å². The molecule has 4 heterocycles. The number of hydrogen-bond acceptors (Lipinski definition) is 5. The Bertz CT molecular complexity index is 929. The number of carbonyl (C=O) groups is 2. The fourth-order valence-corrected chi connectivity index (χ4v) is 4.01. The summed E-state index contributed by atoms with van der Waals surface area (Å²) in [6, 6.07) is 9.12. The van der Waals surface area contributed by atoms with Crippen LogP contribution in [0.1, 0.15) is 51.0 Å². The average molecular weight is 340 g/mol. The van der Waals surface area contributed by atoms with Crippen LogP contribution >= 0.6 is 11.3 Å². The van der Waals surface area contributed by atoms with Crippen molar-refractivity contribution in [3.63, 3.8) is 0 Å². The van der Waals surface area contributed by atoms with Crippen molar-refractivity contribution in [2.45, 2.75) is 25.8 Å². The normalized spacial score (nSPS) is 17.5. The van der Waals surface area contributed by atoms with E-state index in [1.54, 1.807) is 12.1 Å². The van der Waals surface area contributed by atoms with E-state index in [1.807, 2.05) is 33.7 Å². The highest BCUT2D eigenvalue weighted by Crippen LogP contribution is 2.33. The standard InChI is InChI=1S/C17H16N4O2S/c1-11(22)13-7-8-14(24-13)17(23)20-10-4-5-12(20)16-19-18-15-6-2-3-9-21(15)16/h2-3,6-9,12H,4-5,10H2,1H3/t12-/m1/s1. The van der Waals surface area contributed by atoms with Gasteiger partial charge in [-0.15, -0.1) is 21.5 Å². The highest BCUT2D eigenvalue weighted by Gasteiger charge is 2.34. The van der Waals surface area contributed by atoms with Crippen LogP contribution in [0.4, 0.5) is 0 Å². The lowest BCUT2D eigenvalue weighted by Crippen LogP contribution is -2.31. The summed E-state index contributed by atoms with van der Waals surface area (Å²) in [7, 11) is 0. The van der Waals surface area contributed by atoms with Crippen LogP contribution in [0, 0.1) is 0 Å². The molecule has 1 atom stereocenters. The summed E-state index contributed by atoms with van der Waals surface area (Å²) >= 11 is 1.26. The first kappa shape index (κ1) is 15.0. The van der Waals surface area contributed by atoms with Crippen LogP contribution in [0.25, 0.3) is 5.65 Å². The number of thiophene rings is 1. The highest BCUT2D eigenvalue weighted by molar-refractivity contribution is 7.15. The number of fused-ring (bicyclic) bond motifs is 1. The molecule has 1 saturated heterocycles. The average Bonchev–Trinajstić information content (AvgIpc) is 3.31. The van der Waals surface area contributed by atoms with Crippen molar-refractivity contribution in [2.75, 3.05) is 6.54 Å². The SMILES string of the molecule is CC(=O)c1ccc(C(=O)N2CCC[C@@H]2c2nnc3ccccn23)s1. The highest BCUT2D eigenvalue weighted by atomic mass is 32.1. The van der Waals surface area contributed by atoms with Gasteiger partial charge >= 0.3 is 0 Å². The summed E-state index contributed by atoms with van der Waals surface area (Å²) in [5.74, 6) is 0.739. The van der Waals surface area contributed by atoms with E-state index < -0.39 is 0 Å². The fraction of sp³-hybridized carbons (Fsp3) is 0.294. The third kappa shape index (κ3) is 2.41. The number of carbonyl (C=O) groups excluding carboxylic acids is 2. The van der Waals surface area contributed by atoms with Crippen LogP contribution in [0.3, 0.4) is 0 Å². The second kappa shape index (κ2) is 5.83. The summed E-state index contributed by atoms with van der Waals surface area (Å²) in [6.45, 7) is 2.21. The maximum Gasteiger partial charge on any atom is 0.264 e. The van der Waals surface area contributed by atoms with Gasteiger partial charge in [0.25, 0.3) is 5.91 Å². The first-order valence-electron chi connectivity index (χ1n) is 7.86. The maximum absolute atomic E-state index is 12.9. The van der Waals surface area contributed by atoms with E-state index in [0.29, 0.717) is 16.3 Å². The van der Waals surface area contributed by atoms with Crippen LogP contribution in [0.2, 0.25) is 0 Å². The zero-order valence-electron chi connectivity index (χ0n) is 13.2. The molecular formula is C17H16N4O2S. The number of pyridine rings is 1. The third-order valence-electron chi connectivity index (χ3n) is 4.32. The van der Waals surface area contributed by atoms with Crippen LogP contribution < -0.4 is 0 Å². The molecule has 3 aromatic rings. The van der Waals surface area contributed by atoms with Crippen LogP contribution in [-0.4, -0.2) is 37.7 Å². The Morgan fingerprint density at radius 3 is 2.79 bits per heavy atom. The quantitative estimate of drug-likeness (QED) is 0.688. The lowest BCUT2D eigenvalue weighted by atomic mass is 10.2. The predicted octanol–water partition coefficient (Wildman–Crippen LogP) is 2.97. The second-order valence-electron chi connectivity index (χ2n) is 5.86. The molecule has 24 heavy (non-hydrogen) atoms. The molecule has 122 valence electrons. The molecule has 0 bridgehead atoms. The molecule has 3 aromatic heterocycles. The minimum atomic E-state index is -0.0854. The lowest BCUT2D eigenvalue weighted by Gasteiger charge is -2.22. The van der Waals surface area contributed by atoms with Crippen molar-refractivity contribution in [3.8, 4) is 0 Å². The third-order valence-corrected chi connectivity index (χ3v) is 5.49. The van der Waals surface area contributed by atoms with E-state index in [2.05, 4.69) is 10.2 Å². The van der Waals surface area contributed by atoms with Gasteiger partial charge in [-0.3, -0.25) is 14.0 Å². The Labute approximate surface area is 142 Å². The van der Waals surface area contributed by atoms with Gasteiger partial charge in [0.05, 0.1) is 15.8 Å². The Balaban J connectivity index is 1.67. The van der Waals surface area contributed by atoms with Gasteiger partial charge in [0.2, 0.25) is 0 Å². The number of Topliss-reactive ketones (excluding diaryl/α,β-unsaturated/α-hetero) is 1. The number of ketones is 1. The Morgan fingerprint density at radius 1 is 1.17 bits per heavy atom. The molecule has 1 fully saturated rings. The summed E-state index contributed by atoms with van der Waals surface area (Å²) in [5.41, 5.74) is 0.779. The van der Waals surface area contributed by atoms with Crippen molar-refractivity contribution in [2.24, 2.45) is 0 Å². The van der Waals surface area contributed by atoms with Gasteiger partial charge in [-0.1, -0.05) is 6.07 Å². The summed E-state index contributed by atoms with van der Waals surface area (Å²) in [5, 5.41) is 8.50. The monoisotopic (exact) mass is 340 g/mol. The van der Waals surface area contributed by atoms with E-state index >= 15 is 0 Å². The zero-order chi connectivity index (χ0) is 16.7. The number of hydrogen-bond donors (Lipinski definition) is 0. The van der Waals surface area contributed by atoms with Gasteiger partial charge in [-0.05, 0) is 44.0 Å². The molecule has 4 rings (SSSR count). The molecule has 1 aliphatic heterocycles. The molecule has 0 N–H and O–H groups in total. The number of likely N-dealkylation sites (tertiary alicyclic amines) is 1. The zero-order valence-corrected chi connectivity index (χ0v) is 14.0. The van der Waals surface area contributed by atoms with Gasteiger partial charge in [-0.25, -0.2) is 0 Å². The summed E-state index contributed by atoms with van der Waals surface area (Å²) < 4.78 is 1.94. The van der Waals surface area contributed by atoms with Crippen molar-refractivity contribution < 1.29 is 9.59 Å². The predicted molar refractivity (Wildman–Crippen MR) is 90.3 cm³/mol. The van der Waals surface area contributed by atoms with Crippen molar-refractivity contribution in [1.82, 2.24) is 19.5 Å². The molecule has 6 nitrogen and oxygen atoms in total. The Morgan fingerprint density at radius 2 is 2.00 bits per heavy atom. The second-order valence-corrected chi connectivity index (χ2v) is 6.95. The maximum atomic E-state index is 12.9. The minimum absolute atomic E-state index is 0.0135. The van der Waals surface area contributed by atoms with Gasteiger partial charge in [0.15, 0.2) is 17.3 Å². The smallest absolute Gasteiger partial charge is 0.264 e. The molecule has 0 aliphatic carbocycles. The molecule has 7 heteroatoms. The molecule has 0 unspecified atom stereocenters. The summed E-state index contributed by atoms with van der Waals surface area (Å²) in [6.07, 6.45) is 3.72.